The summed E-state index contributed by atoms with van der Waals surface area (Å²) in [7, 11) is 0. The summed E-state index contributed by atoms with van der Waals surface area (Å²) in [6, 6.07) is 7.92. The number of nitrogens with one attached hydrogen (secondary N) is 1. The van der Waals surface area contributed by atoms with E-state index in [2.05, 4.69) is 34.2 Å². The highest BCUT2D eigenvalue weighted by atomic mass is 16.5. The maximum absolute atomic E-state index is 11.8. The number of esters is 1. The molecule has 0 amide bonds. The topological polar surface area (TPSA) is 71.1 Å². The number of benzene rings is 1. The normalized spacial score (nSPS) is 10.4. The highest BCUT2D eigenvalue weighted by Gasteiger charge is 2.19. The van der Waals surface area contributed by atoms with Crippen LogP contribution in [0, 0.1) is 0 Å². The van der Waals surface area contributed by atoms with Crippen molar-refractivity contribution in [3.05, 3.63) is 30.0 Å². The smallest absolute Gasteiger partial charge is 0.361 e. The first-order chi connectivity index (χ1) is 10.2. The number of hydrogen-bond donors (Lipinski definition) is 1. The molecule has 0 saturated heterocycles. The van der Waals surface area contributed by atoms with Crippen LogP contribution in [-0.4, -0.2) is 41.1 Å². The summed E-state index contributed by atoms with van der Waals surface area (Å²) < 4.78 is 4.98. The van der Waals surface area contributed by atoms with E-state index in [0.29, 0.717) is 12.3 Å². The Bertz CT molecular complexity index is 588. The Labute approximate surface area is 124 Å². The van der Waals surface area contributed by atoms with Crippen LogP contribution in [0.4, 0.5) is 5.69 Å². The number of H-pyrrole nitrogens is 1. The molecule has 0 aliphatic carbocycles. The minimum Gasteiger partial charge on any atom is -0.461 e. The molecule has 1 heterocycles. The molecule has 0 bridgehead atoms. The van der Waals surface area contributed by atoms with Crippen molar-refractivity contribution in [3.63, 3.8) is 0 Å². The average Bonchev–Trinajstić information content (AvgIpc) is 2.99. The van der Waals surface area contributed by atoms with Crippen molar-refractivity contribution in [1.29, 1.82) is 0 Å². The van der Waals surface area contributed by atoms with Crippen LogP contribution in [-0.2, 0) is 4.74 Å². The van der Waals surface area contributed by atoms with Crippen LogP contribution in [0.1, 0.15) is 31.3 Å². The fraction of sp³-hybridized carbons (Fsp3) is 0.400. The van der Waals surface area contributed by atoms with Gasteiger partial charge in [-0.1, -0.05) is 12.1 Å². The molecule has 0 spiro atoms. The lowest BCUT2D eigenvalue weighted by molar-refractivity contribution is 0.0520. The van der Waals surface area contributed by atoms with Crippen LogP contribution >= 0.6 is 0 Å². The van der Waals surface area contributed by atoms with E-state index < -0.39 is 5.97 Å². The van der Waals surface area contributed by atoms with Gasteiger partial charge < -0.3 is 9.64 Å². The molecule has 21 heavy (non-hydrogen) atoms. The van der Waals surface area contributed by atoms with E-state index in [1.165, 1.54) is 0 Å². The number of aromatic nitrogens is 3. The summed E-state index contributed by atoms with van der Waals surface area (Å²) in [5.41, 5.74) is 2.71. The quantitative estimate of drug-likeness (QED) is 0.827. The number of hydrogen-bond acceptors (Lipinski definition) is 5. The third kappa shape index (κ3) is 3.21. The highest BCUT2D eigenvalue weighted by molar-refractivity contribution is 5.93. The third-order valence-electron chi connectivity index (χ3n) is 3.29. The molecule has 0 atom stereocenters. The Morgan fingerprint density at radius 2 is 1.81 bits per heavy atom. The van der Waals surface area contributed by atoms with Crippen LogP contribution in [0.15, 0.2) is 24.3 Å². The Balaban J connectivity index is 2.27. The third-order valence-corrected chi connectivity index (χ3v) is 3.29. The Kier molecular flexibility index (Phi) is 4.92. The van der Waals surface area contributed by atoms with Crippen molar-refractivity contribution in [3.8, 4) is 11.3 Å². The van der Waals surface area contributed by atoms with Gasteiger partial charge in [-0.25, -0.2) is 4.79 Å². The minimum atomic E-state index is -0.464. The maximum Gasteiger partial charge on any atom is 0.361 e. The fourth-order valence-corrected chi connectivity index (χ4v) is 2.19. The van der Waals surface area contributed by atoms with Gasteiger partial charge in [0, 0.05) is 24.3 Å². The first-order valence-corrected chi connectivity index (χ1v) is 7.14. The molecule has 1 aromatic carbocycles. The van der Waals surface area contributed by atoms with Crippen molar-refractivity contribution in [2.24, 2.45) is 0 Å². The molecule has 2 rings (SSSR count). The van der Waals surface area contributed by atoms with Crippen LogP contribution in [0.25, 0.3) is 11.3 Å². The Morgan fingerprint density at radius 1 is 1.14 bits per heavy atom. The first-order valence-electron chi connectivity index (χ1n) is 7.14. The average molecular weight is 288 g/mol. The van der Waals surface area contributed by atoms with Crippen molar-refractivity contribution in [1.82, 2.24) is 15.4 Å². The molecular weight excluding hydrogens is 268 g/mol. The summed E-state index contributed by atoms with van der Waals surface area (Å²) >= 11 is 0. The van der Waals surface area contributed by atoms with Crippen molar-refractivity contribution in [2.75, 3.05) is 24.6 Å². The molecule has 1 N–H and O–H groups in total. The molecule has 0 aliphatic heterocycles. The molecule has 0 aliphatic rings. The zero-order valence-corrected chi connectivity index (χ0v) is 12.6. The molecule has 0 saturated carbocycles. The molecule has 2 aromatic rings. The summed E-state index contributed by atoms with van der Waals surface area (Å²) in [4.78, 5) is 14.1. The molecule has 0 fully saturated rings. The van der Waals surface area contributed by atoms with E-state index in [9.17, 15) is 4.79 Å². The second kappa shape index (κ2) is 6.88. The maximum atomic E-state index is 11.8. The van der Waals surface area contributed by atoms with Gasteiger partial charge in [0.15, 0.2) is 5.69 Å². The molecule has 6 nitrogen and oxygen atoms in total. The number of carbonyl (C=O) groups excluding carboxylic acids is 1. The number of rotatable bonds is 6. The predicted molar refractivity (Wildman–Crippen MR) is 81.3 cm³/mol. The number of nitrogens with zero attached hydrogens (tertiary/aromatic N) is 3. The molecule has 1 aromatic heterocycles. The van der Waals surface area contributed by atoms with Crippen LogP contribution in [0.3, 0.4) is 0 Å². The summed E-state index contributed by atoms with van der Waals surface area (Å²) in [6.07, 6.45) is 0. The van der Waals surface area contributed by atoms with E-state index in [4.69, 9.17) is 4.74 Å². The van der Waals surface area contributed by atoms with Crippen molar-refractivity contribution < 1.29 is 9.53 Å². The lowest BCUT2D eigenvalue weighted by Crippen LogP contribution is -2.21. The van der Waals surface area contributed by atoms with Crippen LogP contribution < -0.4 is 4.90 Å². The molecular formula is C15H20N4O2. The molecule has 0 unspecified atom stereocenters. The lowest BCUT2D eigenvalue weighted by atomic mass is 10.1. The van der Waals surface area contributed by atoms with Gasteiger partial charge in [-0.05, 0) is 32.9 Å². The van der Waals surface area contributed by atoms with Gasteiger partial charge in [0.2, 0.25) is 0 Å². The molecule has 6 heteroatoms. The fourth-order valence-electron chi connectivity index (χ4n) is 2.19. The number of carbonyl (C=O) groups is 1. The second-order valence-corrected chi connectivity index (χ2v) is 4.46. The number of ether oxygens (including phenoxy) is 1. The van der Waals surface area contributed by atoms with Crippen molar-refractivity contribution in [2.45, 2.75) is 20.8 Å². The summed E-state index contributed by atoms with van der Waals surface area (Å²) in [6.45, 7) is 8.21. The SMILES string of the molecule is CCOC(=O)c1n[nH]nc1-c1ccc(N(CC)CC)cc1. The van der Waals surface area contributed by atoms with Crippen molar-refractivity contribution >= 4 is 11.7 Å². The van der Waals surface area contributed by atoms with E-state index in [0.717, 1.165) is 24.3 Å². The van der Waals surface area contributed by atoms with Gasteiger partial charge in [-0.2, -0.15) is 10.3 Å². The summed E-state index contributed by atoms with van der Waals surface area (Å²) in [5.74, 6) is -0.464. The van der Waals surface area contributed by atoms with E-state index >= 15 is 0 Å². The number of anilines is 1. The van der Waals surface area contributed by atoms with Gasteiger partial charge in [0.1, 0.15) is 5.69 Å². The standard InChI is InChI=1S/C15H20N4O2/c1-4-19(5-2)12-9-7-11(8-10-12)13-14(17-18-16-13)15(20)21-6-3/h7-10H,4-6H2,1-3H3,(H,16,17,18). The zero-order valence-electron chi connectivity index (χ0n) is 12.6. The van der Waals surface area contributed by atoms with E-state index in [1.807, 2.05) is 24.3 Å². The summed E-state index contributed by atoms with van der Waals surface area (Å²) in [5, 5.41) is 10.4. The van der Waals surface area contributed by atoms with Crippen LogP contribution in [0.2, 0.25) is 0 Å². The predicted octanol–water partition coefficient (Wildman–Crippen LogP) is 2.49. The highest BCUT2D eigenvalue weighted by Crippen LogP contribution is 2.23. The van der Waals surface area contributed by atoms with Gasteiger partial charge in [-0.3, -0.25) is 0 Å². The lowest BCUT2D eigenvalue weighted by Gasteiger charge is -2.20. The largest absolute Gasteiger partial charge is 0.461 e. The van der Waals surface area contributed by atoms with E-state index in [-0.39, 0.29) is 5.69 Å². The Morgan fingerprint density at radius 3 is 2.38 bits per heavy atom. The molecule has 0 radical (unpaired) electrons. The van der Waals surface area contributed by atoms with Gasteiger partial charge in [-0.15, -0.1) is 5.10 Å². The second-order valence-electron chi connectivity index (χ2n) is 4.46. The van der Waals surface area contributed by atoms with E-state index in [1.54, 1.807) is 6.92 Å². The number of aromatic amines is 1. The monoisotopic (exact) mass is 288 g/mol. The minimum absolute atomic E-state index is 0.215. The zero-order chi connectivity index (χ0) is 15.2. The molecule has 112 valence electrons. The van der Waals surface area contributed by atoms with Gasteiger partial charge in [0.25, 0.3) is 0 Å². The van der Waals surface area contributed by atoms with Crippen LogP contribution in [0.5, 0.6) is 0 Å². The Hall–Kier alpha value is -2.37. The van der Waals surface area contributed by atoms with Gasteiger partial charge in [0.05, 0.1) is 6.61 Å². The first kappa shape index (κ1) is 15.0. The van der Waals surface area contributed by atoms with Gasteiger partial charge >= 0.3 is 5.97 Å².